The van der Waals surface area contributed by atoms with Gasteiger partial charge in [0.05, 0.1) is 16.4 Å². The predicted molar refractivity (Wildman–Crippen MR) is 61.2 cm³/mol. The topological polar surface area (TPSA) is 55.6 Å². The molecule has 2 rings (SSSR count). The summed E-state index contributed by atoms with van der Waals surface area (Å²) in [4.78, 5) is 7.71. The minimum atomic E-state index is -2.61. The molecule has 17 heavy (non-hydrogen) atoms. The largest absolute Gasteiger partial charge is 0.336 e. The Morgan fingerprint density at radius 1 is 1.41 bits per heavy atom. The number of alkyl halides is 2. The molecule has 0 aliphatic carbocycles. The lowest BCUT2D eigenvalue weighted by Gasteiger charge is -2.07. The summed E-state index contributed by atoms with van der Waals surface area (Å²) in [5.74, 6) is 0.412. The Kier molecular flexibility index (Phi) is 3.32. The highest BCUT2D eigenvalue weighted by Gasteiger charge is 2.19. The van der Waals surface area contributed by atoms with Crippen molar-refractivity contribution in [3.8, 4) is 0 Å². The van der Waals surface area contributed by atoms with Crippen LogP contribution in [-0.2, 0) is 7.05 Å². The van der Waals surface area contributed by atoms with Gasteiger partial charge < -0.3 is 5.32 Å². The van der Waals surface area contributed by atoms with Crippen molar-refractivity contribution >= 4 is 27.4 Å². The molecular formula is C9H8BrF2N5. The van der Waals surface area contributed by atoms with Gasteiger partial charge in [-0.1, -0.05) is 0 Å². The minimum Gasteiger partial charge on any atom is -0.336 e. The monoisotopic (exact) mass is 303 g/mol. The molecule has 0 amide bonds. The quantitative estimate of drug-likeness (QED) is 0.947. The van der Waals surface area contributed by atoms with Gasteiger partial charge in [-0.2, -0.15) is 5.10 Å². The van der Waals surface area contributed by atoms with Crippen molar-refractivity contribution in [2.24, 2.45) is 7.05 Å². The van der Waals surface area contributed by atoms with Crippen LogP contribution in [0.25, 0.3) is 0 Å². The fourth-order valence-electron chi connectivity index (χ4n) is 1.33. The van der Waals surface area contributed by atoms with Gasteiger partial charge in [0.1, 0.15) is 17.8 Å². The molecule has 2 aromatic heterocycles. The summed E-state index contributed by atoms with van der Waals surface area (Å²) < 4.78 is 27.3. The first kappa shape index (κ1) is 11.9. The van der Waals surface area contributed by atoms with Crippen LogP contribution in [0.4, 0.5) is 20.3 Å². The summed E-state index contributed by atoms with van der Waals surface area (Å²) >= 11 is 3.22. The molecule has 0 aliphatic rings. The molecule has 0 aromatic carbocycles. The van der Waals surface area contributed by atoms with E-state index >= 15 is 0 Å². The lowest BCUT2D eigenvalue weighted by Crippen LogP contribution is -2.02. The van der Waals surface area contributed by atoms with Crippen LogP contribution in [-0.4, -0.2) is 19.7 Å². The van der Waals surface area contributed by atoms with Crippen LogP contribution in [0.3, 0.4) is 0 Å². The van der Waals surface area contributed by atoms with Crippen LogP contribution in [0.15, 0.2) is 23.2 Å². The molecular weight excluding hydrogens is 296 g/mol. The maximum Gasteiger partial charge on any atom is 0.282 e. The van der Waals surface area contributed by atoms with Crippen molar-refractivity contribution in [1.82, 2.24) is 19.7 Å². The summed E-state index contributed by atoms with van der Waals surface area (Å²) in [6.45, 7) is 0. The van der Waals surface area contributed by atoms with Gasteiger partial charge in [-0.25, -0.2) is 18.7 Å². The average molecular weight is 304 g/mol. The highest BCUT2D eigenvalue weighted by atomic mass is 79.9. The van der Waals surface area contributed by atoms with E-state index in [4.69, 9.17) is 0 Å². The maximum atomic E-state index is 12.8. The van der Waals surface area contributed by atoms with Gasteiger partial charge in [-0.15, -0.1) is 0 Å². The Labute approximate surface area is 104 Å². The third kappa shape index (κ3) is 2.41. The van der Waals surface area contributed by atoms with Crippen LogP contribution in [0.5, 0.6) is 0 Å². The van der Waals surface area contributed by atoms with Crippen molar-refractivity contribution in [2.45, 2.75) is 6.43 Å². The van der Waals surface area contributed by atoms with E-state index in [0.717, 1.165) is 4.68 Å². The summed E-state index contributed by atoms with van der Waals surface area (Å²) in [5, 5.41) is 6.56. The summed E-state index contributed by atoms with van der Waals surface area (Å²) in [6, 6.07) is 0. The molecule has 1 N–H and O–H groups in total. The second-order valence-electron chi connectivity index (χ2n) is 3.21. The zero-order valence-corrected chi connectivity index (χ0v) is 10.3. The van der Waals surface area contributed by atoms with E-state index in [2.05, 4.69) is 36.3 Å². The number of nitrogens with one attached hydrogen (secondary N) is 1. The molecule has 0 aliphatic heterocycles. The number of aryl methyl sites for hydroxylation is 1. The third-order valence-corrected chi connectivity index (χ3v) is 2.69. The second-order valence-corrected chi connectivity index (χ2v) is 4.07. The van der Waals surface area contributed by atoms with E-state index in [-0.39, 0.29) is 11.4 Å². The lowest BCUT2D eigenvalue weighted by molar-refractivity contribution is 0.141. The van der Waals surface area contributed by atoms with Gasteiger partial charge in [0.2, 0.25) is 0 Å². The van der Waals surface area contributed by atoms with E-state index in [1.54, 1.807) is 0 Å². The van der Waals surface area contributed by atoms with Crippen LogP contribution < -0.4 is 5.32 Å². The summed E-state index contributed by atoms with van der Waals surface area (Å²) in [5.41, 5.74) is 0.0393. The number of anilines is 2. The zero-order chi connectivity index (χ0) is 12.4. The summed E-state index contributed by atoms with van der Waals surface area (Å²) in [7, 11) is 1.46. The number of nitrogens with zero attached hydrogens (tertiary/aromatic N) is 4. The number of halogens is 3. The van der Waals surface area contributed by atoms with Crippen LogP contribution in [0.2, 0.25) is 0 Å². The molecule has 0 fully saturated rings. The zero-order valence-electron chi connectivity index (χ0n) is 8.73. The Balaban J connectivity index is 2.34. The molecule has 90 valence electrons. The highest BCUT2D eigenvalue weighted by molar-refractivity contribution is 9.10. The van der Waals surface area contributed by atoms with E-state index in [1.807, 2.05) is 0 Å². The molecule has 0 saturated carbocycles. The molecule has 0 radical (unpaired) electrons. The van der Waals surface area contributed by atoms with E-state index in [1.165, 1.54) is 25.8 Å². The molecule has 2 aromatic rings. The average Bonchev–Trinajstić information content (AvgIpc) is 2.63. The second kappa shape index (κ2) is 4.74. The fourth-order valence-corrected chi connectivity index (χ4v) is 1.65. The maximum absolute atomic E-state index is 12.8. The van der Waals surface area contributed by atoms with Crippen molar-refractivity contribution in [3.63, 3.8) is 0 Å². The van der Waals surface area contributed by atoms with Crippen molar-refractivity contribution in [3.05, 3.63) is 28.9 Å². The van der Waals surface area contributed by atoms with Gasteiger partial charge in [0.15, 0.2) is 0 Å². The molecule has 0 unspecified atom stereocenters. The smallest absolute Gasteiger partial charge is 0.282 e. The van der Waals surface area contributed by atoms with Crippen molar-refractivity contribution in [2.75, 3.05) is 5.32 Å². The summed E-state index contributed by atoms with van der Waals surface area (Å²) in [6.07, 6.45) is 1.57. The van der Waals surface area contributed by atoms with Gasteiger partial charge in [-0.3, -0.25) is 4.68 Å². The van der Waals surface area contributed by atoms with Crippen LogP contribution >= 0.6 is 15.9 Å². The lowest BCUT2D eigenvalue weighted by atomic mass is 10.3. The molecule has 0 spiro atoms. The molecule has 0 saturated heterocycles. The number of hydrogen-bond donors (Lipinski definition) is 1. The standard InChI is InChI=1S/C9H8BrF2N5/c1-17-7(8(11)12)6(3-15-17)16-9-5(10)2-13-4-14-9/h2-4,8H,1H3,(H,13,14,16). The fraction of sp³-hybridized carbons (Fsp3) is 0.222. The van der Waals surface area contributed by atoms with Crippen molar-refractivity contribution in [1.29, 1.82) is 0 Å². The molecule has 0 atom stereocenters. The minimum absolute atomic E-state index is 0.185. The molecule has 5 nitrogen and oxygen atoms in total. The van der Waals surface area contributed by atoms with Gasteiger partial charge in [0.25, 0.3) is 6.43 Å². The van der Waals surface area contributed by atoms with Gasteiger partial charge in [-0.05, 0) is 15.9 Å². The van der Waals surface area contributed by atoms with E-state index in [9.17, 15) is 8.78 Å². The third-order valence-electron chi connectivity index (χ3n) is 2.11. The van der Waals surface area contributed by atoms with Crippen LogP contribution in [0.1, 0.15) is 12.1 Å². The first-order chi connectivity index (χ1) is 8.09. The Morgan fingerprint density at radius 3 is 2.82 bits per heavy atom. The Hall–Kier alpha value is -1.57. The Bertz CT molecular complexity index is 528. The first-order valence-corrected chi connectivity index (χ1v) is 5.41. The predicted octanol–water partition coefficient (Wildman–Crippen LogP) is 2.65. The van der Waals surface area contributed by atoms with Crippen LogP contribution in [0, 0.1) is 0 Å². The normalized spacial score (nSPS) is 10.9. The van der Waals surface area contributed by atoms with E-state index in [0.29, 0.717) is 10.3 Å². The SMILES string of the molecule is Cn1ncc(Nc2ncncc2Br)c1C(F)F. The molecule has 2 heterocycles. The molecule has 8 heteroatoms. The van der Waals surface area contributed by atoms with Crippen molar-refractivity contribution < 1.29 is 8.78 Å². The number of hydrogen-bond acceptors (Lipinski definition) is 4. The molecule has 0 bridgehead atoms. The Morgan fingerprint density at radius 2 is 2.18 bits per heavy atom. The first-order valence-electron chi connectivity index (χ1n) is 4.62. The van der Waals surface area contributed by atoms with E-state index < -0.39 is 6.43 Å². The number of rotatable bonds is 3. The van der Waals surface area contributed by atoms with Gasteiger partial charge in [0, 0.05) is 13.2 Å². The highest BCUT2D eigenvalue weighted by Crippen LogP contribution is 2.29. The van der Waals surface area contributed by atoms with Gasteiger partial charge >= 0.3 is 0 Å². The number of aromatic nitrogens is 4.